The number of fused-ring (bicyclic) bond motifs is 2. The van der Waals surface area contributed by atoms with E-state index < -0.39 is 0 Å². The molecule has 0 radical (unpaired) electrons. The molecule has 0 bridgehead atoms. The molecule has 0 spiro atoms. The second-order valence-electron chi connectivity index (χ2n) is 6.28. The van der Waals surface area contributed by atoms with Crippen LogP contribution in [0.1, 0.15) is 38.1 Å². The molecule has 6 heteroatoms. The molecular formula is C14H22N4O2. The molecule has 3 atom stereocenters. The Morgan fingerprint density at radius 2 is 2.10 bits per heavy atom. The van der Waals surface area contributed by atoms with Gasteiger partial charge in [-0.1, -0.05) is 13.8 Å². The van der Waals surface area contributed by atoms with Crippen LogP contribution in [0, 0.1) is 23.7 Å². The van der Waals surface area contributed by atoms with Gasteiger partial charge in [-0.25, -0.2) is 0 Å². The highest BCUT2D eigenvalue weighted by Crippen LogP contribution is 2.52. The number of rotatable bonds is 3. The number of carbonyl (C=O) groups excluding carboxylic acids is 1. The van der Waals surface area contributed by atoms with Gasteiger partial charge in [0.15, 0.2) is 0 Å². The molecular weight excluding hydrogens is 256 g/mol. The highest BCUT2D eigenvalue weighted by molar-refractivity contribution is 5.71. The standard InChI is InChI=1S/C14H22N4O2/c1-8(2)14(19)20-7-11-9-3-5-12-13(6-4-10(9)11)18(15)17-16-12/h8-11H,3-7,15H2,1-2H3. The summed E-state index contributed by atoms with van der Waals surface area (Å²) in [5.41, 5.74) is 2.10. The van der Waals surface area contributed by atoms with E-state index in [0.717, 1.165) is 37.1 Å². The van der Waals surface area contributed by atoms with E-state index in [-0.39, 0.29) is 11.9 Å². The van der Waals surface area contributed by atoms with Crippen molar-refractivity contribution in [3.63, 3.8) is 0 Å². The first-order valence-electron chi connectivity index (χ1n) is 7.43. The van der Waals surface area contributed by atoms with E-state index >= 15 is 0 Å². The van der Waals surface area contributed by atoms with Crippen molar-refractivity contribution in [2.45, 2.75) is 39.5 Å². The molecule has 2 aliphatic carbocycles. The van der Waals surface area contributed by atoms with Crippen molar-refractivity contribution in [1.29, 1.82) is 0 Å². The fourth-order valence-corrected chi connectivity index (χ4v) is 3.38. The molecule has 110 valence electrons. The molecule has 2 N–H and O–H groups in total. The fourth-order valence-electron chi connectivity index (χ4n) is 3.38. The van der Waals surface area contributed by atoms with Gasteiger partial charge < -0.3 is 10.6 Å². The Labute approximate surface area is 118 Å². The van der Waals surface area contributed by atoms with Crippen LogP contribution >= 0.6 is 0 Å². The molecule has 3 unspecified atom stereocenters. The summed E-state index contributed by atoms with van der Waals surface area (Å²) in [5.74, 6) is 7.51. The third kappa shape index (κ3) is 2.39. The van der Waals surface area contributed by atoms with Crippen molar-refractivity contribution in [3.05, 3.63) is 11.4 Å². The second-order valence-corrected chi connectivity index (χ2v) is 6.28. The molecule has 0 saturated heterocycles. The fraction of sp³-hybridized carbons (Fsp3) is 0.786. The summed E-state index contributed by atoms with van der Waals surface area (Å²) in [6.45, 7) is 4.31. The minimum absolute atomic E-state index is 0.0435. The summed E-state index contributed by atoms with van der Waals surface area (Å²) < 4.78 is 5.39. The van der Waals surface area contributed by atoms with E-state index in [9.17, 15) is 4.79 Å². The molecule has 1 aromatic heterocycles. The highest BCUT2D eigenvalue weighted by atomic mass is 16.5. The average molecular weight is 278 g/mol. The van der Waals surface area contributed by atoms with Gasteiger partial charge in [0.25, 0.3) is 0 Å². The van der Waals surface area contributed by atoms with E-state index in [1.165, 1.54) is 4.79 Å². The van der Waals surface area contributed by atoms with Gasteiger partial charge in [-0.15, -0.1) is 5.10 Å². The summed E-state index contributed by atoms with van der Waals surface area (Å²) in [6, 6.07) is 0. The van der Waals surface area contributed by atoms with Gasteiger partial charge in [0, 0.05) is 0 Å². The summed E-state index contributed by atoms with van der Waals surface area (Å²) >= 11 is 0. The predicted molar refractivity (Wildman–Crippen MR) is 73.1 cm³/mol. The Bertz CT molecular complexity index is 511. The molecule has 0 aliphatic heterocycles. The zero-order valence-electron chi connectivity index (χ0n) is 12.1. The van der Waals surface area contributed by atoms with Crippen LogP contribution in [0.15, 0.2) is 0 Å². The Morgan fingerprint density at radius 1 is 1.40 bits per heavy atom. The largest absolute Gasteiger partial charge is 0.465 e. The number of ether oxygens (including phenoxy) is 1. The Hall–Kier alpha value is -1.59. The molecule has 20 heavy (non-hydrogen) atoms. The molecule has 1 saturated carbocycles. The minimum atomic E-state index is -0.0909. The van der Waals surface area contributed by atoms with Gasteiger partial charge in [-0.2, -0.15) is 4.79 Å². The SMILES string of the molecule is CC(C)C(=O)OCC1C2CCc3nnn(N)c3CCC21. The first-order chi connectivity index (χ1) is 9.58. The van der Waals surface area contributed by atoms with Crippen LogP contribution in [-0.2, 0) is 22.4 Å². The van der Waals surface area contributed by atoms with E-state index in [4.69, 9.17) is 10.6 Å². The average Bonchev–Trinajstić information content (AvgIpc) is 2.93. The summed E-state index contributed by atoms with van der Waals surface area (Å²) in [7, 11) is 0. The van der Waals surface area contributed by atoms with Gasteiger partial charge in [0.1, 0.15) is 0 Å². The number of hydrogen-bond acceptors (Lipinski definition) is 5. The van der Waals surface area contributed by atoms with E-state index in [1.807, 2.05) is 13.8 Å². The topological polar surface area (TPSA) is 83.0 Å². The van der Waals surface area contributed by atoms with Crippen molar-refractivity contribution in [1.82, 2.24) is 15.1 Å². The molecule has 6 nitrogen and oxygen atoms in total. The maximum absolute atomic E-state index is 11.5. The molecule has 1 heterocycles. The summed E-state index contributed by atoms with van der Waals surface area (Å²) in [4.78, 5) is 12.9. The van der Waals surface area contributed by atoms with Gasteiger partial charge in [-0.3, -0.25) is 4.79 Å². The number of hydrogen-bond donors (Lipinski definition) is 1. The van der Waals surface area contributed by atoms with Crippen LogP contribution < -0.4 is 5.84 Å². The molecule has 1 aromatic rings. The zero-order valence-corrected chi connectivity index (χ0v) is 12.1. The number of nitrogen functional groups attached to an aromatic ring is 1. The third-order valence-electron chi connectivity index (χ3n) is 4.70. The quantitative estimate of drug-likeness (QED) is 0.657. The van der Waals surface area contributed by atoms with E-state index in [2.05, 4.69) is 10.3 Å². The number of aromatic nitrogens is 3. The van der Waals surface area contributed by atoms with Crippen LogP contribution in [-0.4, -0.2) is 27.7 Å². The van der Waals surface area contributed by atoms with Gasteiger partial charge >= 0.3 is 5.97 Å². The lowest BCUT2D eigenvalue weighted by Crippen LogP contribution is -2.15. The first kappa shape index (κ1) is 13.4. The van der Waals surface area contributed by atoms with E-state index in [0.29, 0.717) is 24.4 Å². The molecule has 1 fully saturated rings. The number of aryl methyl sites for hydroxylation is 1. The van der Waals surface area contributed by atoms with Crippen LogP contribution in [0.4, 0.5) is 0 Å². The molecule has 0 aromatic carbocycles. The Kier molecular flexibility index (Phi) is 3.40. The molecule has 3 rings (SSSR count). The number of esters is 1. The normalized spacial score (nSPS) is 28.2. The van der Waals surface area contributed by atoms with Crippen LogP contribution in [0.2, 0.25) is 0 Å². The van der Waals surface area contributed by atoms with Crippen LogP contribution in [0.5, 0.6) is 0 Å². The van der Waals surface area contributed by atoms with Gasteiger partial charge in [-0.05, 0) is 48.7 Å². The Balaban J connectivity index is 1.57. The number of nitrogens with two attached hydrogens (primary N) is 1. The Morgan fingerprint density at radius 3 is 2.80 bits per heavy atom. The highest BCUT2D eigenvalue weighted by Gasteiger charge is 2.50. The second kappa shape index (κ2) is 5.07. The number of nitrogens with zero attached hydrogens (tertiary/aromatic N) is 3. The first-order valence-corrected chi connectivity index (χ1v) is 7.43. The summed E-state index contributed by atoms with van der Waals surface area (Å²) in [6.07, 6.45) is 4.04. The minimum Gasteiger partial charge on any atom is -0.465 e. The number of carbonyl (C=O) groups is 1. The summed E-state index contributed by atoms with van der Waals surface area (Å²) in [5, 5.41) is 8.03. The monoisotopic (exact) mass is 278 g/mol. The lowest BCUT2D eigenvalue weighted by Gasteiger charge is -2.07. The van der Waals surface area contributed by atoms with Crippen LogP contribution in [0.25, 0.3) is 0 Å². The van der Waals surface area contributed by atoms with Crippen molar-refractivity contribution < 1.29 is 9.53 Å². The van der Waals surface area contributed by atoms with Crippen molar-refractivity contribution in [2.75, 3.05) is 12.4 Å². The van der Waals surface area contributed by atoms with Gasteiger partial charge in [0.2, 0.25) is 0 Å². The van der Waals surface area contributed by atoms with Gasteiger partial charge in [0.05, 0.1) is 23.9 Å². The van der Waals surface area contributed by atoms with Crippen molar-refractivity contribution >= 4 is 5.97 Å². The zero-order chi connectivity index (χ0) is 14.3. The smallest absolute Gasteiger partial charge is 0.308 e. The predicted octanol–water partition coefficient (Wildman–Crippen LogP) is 0.932. The van der Waals surface area contributed by atoms with Crippen LogP contribution in [0.3, 0.4) is 0 Å². The maximum Gasteiger partial charge on any atom is 0.308 e. The lowest BCUT2D eigenvalue weighted by molar-refractivity contribution is -0.148. The molecule has 2 aliphatic rings. The maximum atomic E-state index is 11.5. The lowest BCUT2D eigenvalue weighted by atomic mass is 10.0. The van der Waals surface area contributed by atoms with E-state index in [1.54, 1.807) is 0 Å². The third-order valence-corrected chi connectivity index (χ3v) is 4.70. The van der Waals surface area contributed by atoms with Crippen molar-refractivity contribution in [3.8, 4) is 0 Å². The van der Waals surface area contributed by atoms with Crippen molar-refractivity contribution in [2.24, 2.45) is 23.7 Å². The molecule has 0 amide bonds.